The van der Waals surface area contributed by atoms with Gasteiger partial charge in [-0.2, -0.15) is 13.8 Å². The van der Waals surface area contributed by atoms with Gasteiger partial charge in [0.2, 0.25) is 0 Å². The van der Waals surface area contributed by atoms with Gasteiger partial charge in [0.25, 0.3) is 11.8 Å². The first-order chi connectivity index (χ1) is 12.4. The van der Waals surface area contributed by atoms with E-state index in [1.807, 2.05) is 0 Å². The molecule has 1 aliphatic heterocycles. The fraction of sp³-hybridized carbons (Fsp3) is 0.0625. The van der Waals surface area contributed by atoms with Crippen LogP contribution < -0.4 is 10.2 Å². The maximum Gasteiger partial charge on any atom is 0.387 e. The van der Waals surface area contributed by atoms with Crippen LogP contribution in [0.1, 0.15) is 16.1 Å². The van der Waals surface area contributed by atoms with E-state index in [0.717, 1.165) is 16.8 Å². The van der Waals surface area contributed by atoms with Gasteiger partial charge < -0.3 is 9.15 Å². The molecule has 10 heteroatoms. The number of halogens is 2. The predicted molar refractivity (Wildman–Crippen MR) is 94.3 cm³/mol. The summed E-state index contributed by atoms with van der Waals surface area (Å²) in [5, 5.41) is 0.945. The van der Waals surface area contributed by atoms with Crippen LogP contribution >= 0.6 is 24.0 Å². The Labute approximate surface area is 155 Å². The molecule has 1 aliphatic rings. The molecule has 0 saturated carbocycles. The first-order valence-corrected chi connectivity index (χ1v) is 8.34. The third-order valence-electron chi connectivity index (χ3n) is 3.17. The fourth-order valence-corrected chi connectivity index (χ4v) is 3.18. The predicted octanol–water partition coefficient (Wildman–Crippen LogP) is 3.43. The molecule has 0 bridgehead atoms. The molecule has 1 N–H and O–H groups in total. The van der Waals surface area contributed by atoms with E-state index >= 15 is 0 Å². The SMILES string of the molecule is O=C(NN1C(=O)/C(=C\c2ccco2)SC1=S)c1ccc(OC(F)F)cc1. The Bertz CT molecular complexity index is 867. The summed E-state index contributed by atoms with van der Waals surface area (Å²) < 4.78 is 33.8. The van der Waals surface area contributed by atoms with Crippen molar-refractivity contribution in [2.45, 2.75) is 6.61 Å². The minimum atomic E-state index is -2.95. The number of thioether (sulfide) groups is 1. The van der Waals surface area contributed by atoms with Gasteiger partial charge in [0.1, 0.15) is 11.5 Å². The van der Waals surface area contributed by atoms with Crippen LogP contribution in [0, 0.1) is 0 Å². The Morgan fingerprint density at radius 1 is 1.31 bits per heavy atom. The van der Waals surface area contributed by atoms with Crippen LogP contribution in [0.2, 0.25) is 0 Å². The summed E-state index contributed by atoms with van der Waals surface area (Å²) >= 11 is 6.12. The average molecular weight is 396 g/mol. The van der Waals surface area contributed by atoms with Crippen molar-refractivity contribution in [2.24, 2.45) is 0 Å². The molecule has 2 heterocycles. The molecule has 1 aromatic carbocycles. The van der Waals surface area contributed by atoms with E-state index in [9.17, 15) is 18.4 Å². The third kappa shape index (κ3) is 4.09. The number of ether oxygens (including phenoxy) is 1. The number of thiocarbonyl (C=S) groups is 1. The number of carbonyl (C=O) groups excluding carboxylic acids is 2. The van der Waals surface area contributed by atoms with Crippen molar-refractivity contribution in [1.82, 2.24) is 10.4 Å². The molecule has 0 unspecified atom stereocenters. The zero-order chi connectivity index (χ0) is 18.7. The molecule has 134 valence electrons. The van der Waals surface area contributed by atoms with Crippen LogP contribution in [0.15, 0.2) is 52.0 Å². The highest BCUT2D eigenvalue weighted by molar-refractivity contribution is 8.26. The largest absolute Gasteiger partial charge is 0.465 e. The smallest absolute Gasteiger partial charge is 0.387 e. The van der Waals surface area contributed by atoms with Crippen molar-refractivity contribution in [3.8, 4) is 5.75 Å². The minimum absolute atomic E-state index is 0.0801. The lowest BCUT2D eigenvalue weighted by Gasteiger charge is -2.15. The molecule has 1 fully saturated rings. The highest BCUT2D eigenvalue weighted by Gasteiger charge is 2.34. The van der Waals surface area contributed by atoms with Crippen molar-refractivity contribution < 1.29 is 27.5 Å². The Hall–Kier alpha value is -2.72. The summed E-state index contributed by atoms with van der Waals surface area (Å²) in [5.74, 6) is -0.721. The molecular weight excluding hydrogens is 386 g/mol. The number of rotatable bonds is 5. The molecule has 2 amide bonds. The Morgan fingerprint density at radius 2 is 2.04 bits per heavy atom. The maximum absolute atomic E-state index is 12.4. The van der Waals surface area contributed by atoms with E-state index in [-0.39, 0.29) is 15.6 Å². The van der Waals surface area contributed by atoms with Crippen molar-refractivity contribution >= 4 is 46.2 Å². The van der Waals surface area contributed by atoms with E-state index in [2.05, 4.69) is 10.2 Å². The average Bonchev–Trinajstić information content (AvgIpc) is 3.19. The van der Waals surface area contributed by atoms with Gasteiger partial charge in [-0.05, 0) is 48.6 Å². The molecule has 0 radical (unpaired) electrons. The van der Waals surface area contributed by atoms with E-state index in [1.165, 1.54) is 36.6 Å². The van der Waals surface area contributed by atoms with Gasteiger partial charge in [0.15, 0.2) is 4.32 Å². The summed E-state index contributed by atoms with van der Waals surface area (Å²) in [7, 11) is 0. The van der Waals surface area contributed by atoms with E-state index in [4.69, 9.17) is 16.6 Å². The van der Waals surface area contributed by atoms with Crippen LogP contribution in [0.25, 0.3) is 6.08 Å². The maximum atomic E-state index is 12.4. The number of amides is 2. The monoisotopic (exact) mass is 396 g/mol. The fourth-order valence-electron chi connectivity index (χ4n) is 2.02. The first-order valence-electron chi connectivity index (χ1n) is 7.11. The molecular formula is C16H10F2N2O4S2. The molecule has 1 saturated heterocycles. The van der Waals surface area contributed by atoms with Crippen LogP contribution in [-0.4, -0.2) is 27.8 Å². The van der Waals surface area contributed by atoms with E-state index < -0.39 is 18.4 Å². The second-order valence-electron chi connectivity index (χ2n) is 4.88. The third-order valence-corrected chi connectivity index (χ3v) is 4.47. The van der Waals surface area contributed by atoms with Gasteiger partial charge in [-0.15, -0.1) is 0 Å². The zero-order valence-corrected chi connectivity index (χ0v) is 14.5. The quantitative estimate of drug-likeness (QED) is 0.617. The molecule has 0 atom stereocenters. The van der Waals surface area contributed by atoms with E-state index in [0.29, 0.717) is 10.7 Å². The summed E-state index contributed by atoms with van der Waals surface area (Å²) in [6, 6.07) is 8.39. The lowest BCUT2D eigenvalue weighted by Crippen LogP contribution is -2.44. The molecule has 2 aromatic rings. The molecule has 1 aromatic heterocycles. The number of nitrogens with zero attached hydrogens (tertiary/aromatic N) is 1. The first kappa shape index (κ1) is 18.1. The Morgan fingerprint density at radius 3 is 2.65 bits per heavy atom. The highest BCUT2D eigenvalue weighted by Crippen LogP contribution is 2.31. The van der Waals surface area contributed by atoms with Crippen LogP contribution in [0.3, 0.4) is 0 Å². The standard InChI is InChI=1S/C16H10F2N2O4S2/c17-15(18)24-10-5-3-9(4-6-10)13(21)19-20-14(22)12(26-16(20)25)8-11-2-1-7-23-11/h1-8,15H,(H,19,21)/b12-8+. The van der Waals surface area contributed by atoms with Crippen molar-refractivity contribution in [3.63, 3.8) is 0 Å². The van der Waals surface area contributed by atoms with Gasteiger partial charge in [-0.3, -0.25) is 15.0 Å². The lowest BCUT2D eigenvalue weighted by molar-refractivity contribution is -0.123. The van der Waals surface area contributed by atoms with Crippen LogP contribution in [0.4, 0.5) is 8.78 Å². The summed E-state index contributed by atoms with van der Waals surface area (Å²) in [6.07, 6.45) is 2.98. The summed E-state index contributed by atoms with van der Waals surface area (Å²) in [4.78, 5) is 24.9. The topological polar surface area (TPSA) is 71.8 Å². The van der Waals surface area contributed by atoms with Gasteiger partial charge in [-0.1, -0.05) is 11.8 Å². The van der Waals surface area contributed by atoms with Crippen LogP contribution in [-0.2, 0) is 4.79 Å². The number of hydrogen-bond acceptors (Lipinski definition) is 6. The van der Waals surface area contributed by atoms with Gasteiger partial charge in [0, 0.05) is 11.6 Å². The second-order valence-corrected chi connectivity index (χ2v) is 6.55. The van der Waals surface area contributed by atoms with Crippen molar-refractivity contribution in [1.29, 1.82) is 0 Å². The summed E-state index contributed by atoms with van der Waals surface area (Å²) in [5.41, 5.74) is 2.54. The molecule has 6 nitrogen and oxygen atoms in total. The number of carbonyl (C=O) groups is 2. The number of hydrazine groups is 1. The molecule has 3 rings (SSSR count). The molecule has 26 heavy (non-hydrogen) atoms. The summed E-state index contributed by atoms with van der Waals surface area (Å²) in [6.45, 7) is -2.95. The van der Waals surface area contributed by atoms with Crippen molar-refractivity contribution in [3.05, 3.63) is 58.9 Å². The number of benzene rings is 1. The second kappa shape index (κ2) is 7.67. The number of nitrogens with one attached hydrogen (secondary N) is 1. The minimum Gasteiger partial charge on any atom is -0.465 e. The lowest BCUT2D eigenvalue weighted by atomic mass is 10.2. The normalized spacial score (nSPS) is 15.8. The molecule has 0 aliphatic carbocycles. The Kier molecular flexibility index (Phi) is 5.33. The highest BCUT2D eigenvalue weighted by atomic mass is 32.2. The van der Waals surface area contributed by atoms with E-state index in [1.54, 1.807) is 12.1 Å². The molecule has 0 spiro atoms. The van der Waals surface area contributed by atoms with Crippen molar-refractivity contribution in [2.75, 3.05) is 0 Å². The van der Waals surface area contributed by atoms with Gasteiger partial charge >= 0.3 is 6.61 Å². The van der Waals surface area contributed by atoms with Crippen LogP contribution in [0.5, 0.6) is 5.75 Å². The number of furan rings is 1. The zero-order valence-electron chi connectivity index (χ0n) is 12.8. The Balaban J connectivity index is 1.69. The number of hydrogen-bond donors (Lipinski definition) is 1. The van der Waals surface area contributed by atoms with Gasteiger partial charge in [0.05, 0.1) is 11.2 Å². The number of alkyl halides is 2. The van der Waals surface area contributed by atoms with Gasteiger partial charge in [-0.25, -0.2) is 0 Å².